The van der Waals surface area contributed by atoms with Gasteiger partial charge in [0.05, 0.1) is 0 Å². The van der Waals surface area contributed by atoms with Crippen molar-refractivity contribution in [1.82, 2.24) is 10.2 Å². The summed E-state index contributed by atoms with van der Waals surface area (Å²) in [5.74, 6) is 0. The van der Waals surface area contributed by atoms with Crippen molar-refractivity contribution < 1.29 is 0 Å². The molecule has 0 radical (unpaired) electrons. The first kappa shape index (κ1) is 11.1. The third-order valence-electron chi connectivity index (χ3n) is 2.49. The van der Waals surface area contributed by atoms with Crippen LogP contribution in [0.3, 0.4) is 0 Å². The van der Waals surface area contributed by atoms with Gasteiger partial charge in [-0.15, -0.1) is 0 Å². The molecule has 1 aromatic heterocycles. The molecule has 2 aromatic rings. The molecule has 16 heavy (non-hydrogen) atoms. The highest BCUT2D eigenvalue weighted by atomic mass is 79.9. The predicted molar refractivity (Wildman–Crippen MR) is 66.5 cm³/mol. The molecule has 0 spiro atoms. The van der Waals surface area contributed by atoms with Crippen LogP contribution >= 0.6 is 15.9 Å². The minimum absolute atomic E-state index is 0.121. The van der Waals surface area contributed by atoms with E-state index in [4.69, 9.17) is 0 Å². The molecule has 0 unspecified atom stereocenters. The lowest BCUT2D eigenvalue weighted by atomic mass is 10.0. The molecule has 0 aliphatic heterocycles. The van der Waals surface area contributed by atoms with Gasteiger partial charge in [0.25, 0.3) is 5.56 Å². The van der Waals surface area contributed by atoms with Gasteiger partial charge in [-0.25, -0.2) is 5.10 Å². The predicted octanol–water partition coefficient (Wildman–Crippen LogP) is 2.43. The molecule has 1 aromatic carbocycles. The summed E-state index contributed by atoms with van der Waals surface area (Å²) in [7, 11) is 0. The molecule has 1 heterocycles. The number of hydrogen-bond acceptors (Lipinski definition) is 2. The molecule has 0 saturated heterocycles. The van der Waals surface area contributed by atoms with Crippen LogP contribution in [0.5, 0.6) is 0 Å². The lowest BCUT2D eigenvalue weighted by Crippen LogP contribution is -2.13. The first-order valence-corrected chi connectivity index (χ1v) is 5.74. The lowest BCUT2D eigenvalue weighted by Gasteiger charge is -2.05. The van der Waals surface area contributed by atoms with E-state index in [1.807, 2.05) is 25.1 Å². The Kier molecular flexibility index (Phi) is 3.19. The fourth-order valence-electron chi connectivity index (χ4n) is 1.57. The third-order valence-corrected chi connectivity index (χ3v) is 2.99. The topological polar surface area (TPSA) is 45.8 Å². The molecule has 4 heteroatoms. The Morgan fingerprint density at radius 1 is 1.31 bits per heavy atom. The molecular weight excluding hydrogens is 268 g/mol. The molecule has 0 saturated carbocycles. The van der Waals surface area contributed by atoms with Crippen molar-refractivity contribution in [3.8, 4) is 0 Å². The summed E-state index contributed by atoms with van der Waals surface area (Å²) < 4.78 is 1.05. The van der Waals surface area contributed by atoms with Gasteiger partial charge in [0.1, 0.15) is 0 Å². The Morgan fingerprint density at radius 2 is 2.12 bits per heavy atom. The fraction of sp³-hybridized carbons (Fsp3) is 0.167. The maximum atomic E-state index is 11.5. The summed E-state index contributed by atoms with van der Waals surface area (Å²) in [6.45, 7) is 2.04. The highest BCUT2D eigenvalue weighted by Crippen LogP contribution is 2.17. The number of aromatic nitrogens is 2. The smallest absolute Gasteiger partial charge is 0.267 e. The number of aryl methyl sites for hydroxylation is 1. The zero-order valence-corrected chi connectivity index (χ0v) is 10.4. The van der Waals surface area contributed by atoms with Crippen molar-refractivity contribution >= 4 is 15.9 Å². The van der Waals surface area contributed by atoms with Crippen LogP contribution in [0.1, 0.15) is 16.7 Å². The maximum Gasteiger partial charge on any atom is 0.267 e. The van der Waals surface area contributed by atoms with Crippen LogP contribution in [0.4, 0.5) is 0 Å². The van der Waals surface area contributed by atoms with Gasteiger partial charge in [0, 0.05) is 22.7 Å². The standard InChI is InChI=1S/C12H11BrN2O/c1-8-6-11(13)3-2-9(8)7-10-4-5-14-15-12(10)16/h2-6H,7H2,1H3,(H,15,16). The van der Waals surface area contributed by atoms with Crippen molar-refractivity contribution in [1.29, 1.82) is 0 Å². The number of rotatable bonds is 2. The largest absolute Gasteiger partial charge is 0.268 e. The molecule has 0 atom stereocenters. The first-order chi connectivity index (χ1) is 7.66. The second-order valence-electron chi connectivity index (χ2n) is 3.66. The molecule has 2 rings (SSSR count). The molecule has 82 valence electrons. The molecule has 3 nitrogen and oxygen atoms in total. The number of nitrogens with zero attached hydrogens (tertiary/aromatic N) is 1. The van der Waals surface area contributed by atoms with E-state index in [2.05, 4.69) is 26.1 Å². The van der Waals surface area contributed by atoms with Crippen LogP contribution in [0, 0.1) is 6.92 Å². The Balaban J connectivity index is 2.35. The Morgan fingerprint density at radius 3 is 2.81 bits per heavy atom. The Bertz CT molecular complexity index is 563. The van der Waals surface area contributed by atoms with E-state index in [9.17, 15) is 4.79 Å². The van der Waals surface area contributed by atoms with E-state index in [1.54, 1.807) is 12.3 Å². The summed E-state index contributed by atoms with van der Waals surface area (Å²) >= 11 is 3.42. The molecule has 0 amide bonds. The lowest BCUT2D eigenvalue weighted by molar-refractivity contribution is 0.946. The van der Waals surface area contributed by atoms with Gasteiger partial charge >= 0.3 is 0 Å². The summed E-state index contributed by atoms with van der Waals surface area (Å²) in [6.07, 6.45) is 2.24. The summed E-state index contributed by atoms with van der Waals surface area (Å²) in [4.78, 5) is 11.5. The van der Waals surface area contributed by atoms with Crippen molar-refractivity contribution in [2.45, 2.75) is 13.3 Å². The molecular formula is C12H11BrN2O. The number of benzene rings is 1. The number of H-pyrrole nitrogens is 1. The minimum Gasteiger partial charge on any atom is -0.268 e. The Hall–Kier alpha value is -1.42. The van der Waals surface area contributed by atoms with Gasteiger partial charge in [-0.2, -0.15) is 5.10 Å². The Labute approximate surface area is 102 Å². The minimum atomic E-state index is -0.121. The van der Waals surface area contributed by atoms with Gasteiger partial charge in [0.15, 0.2) is 0 Å². The first-order valence-electron chi connectivity index (χ1n) is 4.94. The van der Waals surface area contributed by atoms with E-state index in [1.165, 1.54) is 5.56 Å². The van der Waals surface area contributed by atoms with Crippen LogP contribution in [0.15, 0.2) is 39.7 Å². The number of aromatic amines is 1. The van der Waals surface area contributed by atoms with E-state index in [0.717, 1.165) is 15.6 Å². The number of hydrogen-bond donors (Lipinski definition) is 1. The normalized spacial score (nSPS) is 10.4. The second-order valence-corrected chi connectivity index (χ2v) is 4.57. The maximum absolute atomic E-state index is 11.5. The third kappa shape index (κ3) is 2.39. The number of nitrogens with one attached hydrogen (secondary N) is 1. The quantitative estimate of drug-likeness (QED) is 0.917. The van der Waals surface area contributed by atoms with E-state index < -0.39 is 0 Å². The average molecular weight is 279 g/mol. The summed E-state index contributed by atoms with van der Waals surface area (Å²) in [5.41, 5.74) is 2.94. The van der Waals surface area contributed by atoms with Gasteiger partial charge < -0.3 is 0 Å². The summed E-state index contributed by atoms with van der Waals surface area (Å²) in [6, 6.07) is 7.81. The highest BCUT2D eigenvalue weighted by molar-refractivity contribution is 9.10. The van der Waals surface area contributed by atoms with Gasteiger partial charge in [-0.1, -0.05) is 22.0 Å². The van der Waals surface area contributed by atoms with Crippen LogP contribution in [-0.2, 0) is 6.42 Å². The number of halogens is 1. The van der Waals surface area contributed by atoms with E-state index in [0.29, 0.717) is 6.42 Å². The highest BCUT2D eigenvalue weighted by Gasteiger charge is 2.03. The summed E-state index contributed by atoms with van der Waals surface area (Å²) in [5, 5.41) is 6.11. The van der Waals surface area contributed by atoms with Crippen LogP contribution in [0.25, 0.3) is 0 Å². The van der Waals surface area contributed by atoms with Crippen molar-refractivity contribution in [3.63, 3.8) is 0 Å². The van der Waals surface area contributed by atoms with Gasteiger partial charge in [0.2, 0.25) is 0 Å². The molecule has 1 N–H and O–H groups in total. The van der Waals surface area contributed by atoms with Gasteiger partial charge in [-0.05, 0) is 36.2 Å². The molecule has 0 aliphatic rings. The van der Waals surface area contributed by atoms with Crippen LogP contribution in [0.2, 0.25) is 0 Å². The van der Waals surface area contributed by atoms with E-state index >= 15 is 0 Å². The van der Waals surface area contributed by atoms with Crippen molar-refractivity contribution in [2.75, 3.05) is 0 Å². The van der Waals surface area contributed by atoms with Crippen molar-refractivity contribution in [3.05, 3.63) is 62.0 Å². The van der Waals surface area contributed by atoms with Crippen LogP contribution in [-0.4, -0.2) is 10.2 Å². The molecule has 0 fully saturated rings. The monoisotopic (exact) mass is 278 g/mol. The average Bonchev–Trinajstić information content (AvgIpc) is 2.25. The SMILES string of the molecule is Cc1cc(Br)ccc1Cc1ccn[nH]c1=O. The molecule has 0 aliphatic carbocycles. The van der Waals surface area contributed by atoms with E-state index in [-0.39, 0.29) is 5.56 Å². The van der Waals surface area contributed by atoms with Gasteiger partial charge in [-0.3, -0.25) is 4.79 Å². The molecule has 0 bridgehead atoms. The van der Waals surface area contributed by atoms with Crippen LogP contribution < -0.4 is 5.56 Å². The zero-order chi connectivity index (χ0) is 11.5. The van der Waals surface area contributed by atoms with Crippen molar-refractivity contribution in [2.24, 2.45) is 0 Å². The second kappa shape index (κ2) is 4.61. The fourth-order valence-corrected chi connectivity index (χ4v) is 2.05. The zero-order valence-electron chi connectivity index (χ0n) is 8.83.